The zero-order chi connectivity index (χ0) is 9.14. The van der Waals surface area contributed by atoms with E-state index in [0.29, 0.717) is 12.2 Å². The van der Waals surface area contributed by atoms with Crippen molar-refractivity contribution >= 4 is 6.29 Å². The molecule has 0 aromatic heterocycles. The Labute approximate surface area is 74.0 Å². The van der Waals surface area contributed by atoms with Gasteiger partial charge >= 0.3 is 0 Å². The number of carbonyl (C=O) groups is 1. The maximum absolute atomic E-state index is 10.3. The fraction of sp³-hybridized carbons (Fsp3) is 0.900. The molecule has 0 aromatic carbocycles. The number of aliphatic hydroxyl groups is 1. The van der Waals surface area contributed by atoms with E-state index in [1.807, 2.05) is 0 Å². The van der Waals surface area contributed by atoms with E-state index in [9.17, 15) is 9.90 Å². The van der Waals surface area contributed by atoms with Gasteiger partial charge in [-0.1, -0.05) is 20.3 Å². The topological polar surface area (TPSA) is 37.3 Å². The molecule has 1 rings (SSSR count). The van der Waals surface area contributed by atoms with Gasteiger partial charge in [-0.2, -0.15) is 0 Å². The van der Waals surface area contributed by atoms with Gasteiger partial charge in [-0.25, -0.2) is 0 Å². The first-order valence-corrected chi connectivity index (χ1v) is 4.78. The molecule has 0 spiro atoms. The first-order chi connectivity index (χ1) is 5.65. The van der Waals surface area contributed by atoms with Crippen LogP contribution in [0.1, 0.15) is 33.1 Å². The molecule has 0 aliphatic heterocycles. The van der Waals surface area contributed by atoms with Crippen LogP contribution in [0, 0.1) is 17.8 Å². The minimum Gasteiger partial charge on any atom is -0.385 e. The average Bonchev–Trinajstić information content (AvgIpc) is 2.08. The van der Waals surface area contributed by atoms with Crippen LogP contribution in [-0.4, -0.2) is 17.5 Å². The quantitative estimate of drug-likeness (QED) is 0.639. The molecule has 12 heavy (non-hydrogen) atoms. The third-order valence-electron chi connectivity index (χ3n) is 3.26. The van der Waals surface area contributed by atoms with Crippen molar-refractivity contribution < 1.29 is 9.90 Å². The first-order valence-electron chi connectivity index (χ1n) is 4.78. The minimum absolute atomic E-state index is 0.216. The molecule has 1 N–H and O–H groups in total. The van der Waals surface area contributed by atoms with Gasteiger partial charge in [-0.15, -0.1) is 0 Å². The maximum atomic E-state index is 10.3. The standard InChI is InChI=1S/C10H18O2/c1-7-3-4-9(5-8(7)2)10(12)6-11/h6-10,12H,3-5H2,1-2H3. The molecule has 70 valence electrons. The lowest BCUT2D eigenvalue weighted by atomic mass is 9.74. The van der Waals surface area contributed by atoms with E-state index in [4.69, 9.17) is 0 Å². The van der Waals surface area contributed by atoms with Gasteiger partial charge in [0.25, 0.3) is 0 Å². The summed E-state index contributed by atoms with van der Waals surface area (Å²) >= 11 is 0. The van der Waals surface area contributed by atoms with E-state index in [-0.39, 0.29) is 5.92 Å². The van der Waals surface area contributed by atoms with Crippen LogP contribution in [0.2, 0.25) is 0 Å². The summed E-state index contributed by atoms with van der Waals surface area (Å²) in [7, 11) is 0. The lowest BCUT2D eigenvalue weighted by Gasteiger charge is -2.32. The van der Waals surface area contributed by atoms with Crippen LogP contribution in [0.25, 0.3) is 0 Å². The SMILES string of the molecule is CC1CCC(C(O)C=O)CC1C. The Morgan fingerprint density at radius 1 is 1.33 bits per heavy atom. The molecule has 1 fully saturated rings. The number of hydrogen-bond acceptors (Lipinski definition) is 2. The van der Waals surface area contributed by atoms with E-state index in [2.05, 4.69) is 13.8 Å². The van der Waals surface area contributed by atoms with Crippen molar-refractivity contribution in [3.63, 3.8) is 0 Å². The molecular weight excluding hydrogens is 152 g/mol. The van der Waals surface area contributed by atoms with Crippen LogP contribution in [0.5, 0.6) is 0 Å². The predicted octanol–water partition coefficient (Wildman–Crippen LogP) is 1.62. The lowest BCUT2D eigenvalue weighted by Crippen LogP contribution is -2.30. The fourth-order valence-corrected chi connectivity index (χ4v) is 2.01. The van der Waals surface area contributed by atoms with Crippen molar-refractivity contribution in [2.45, 2.75) is 39.2 Å². The van der Waals surface area contributed by atoms with Crippen LogP contribution in [-0.2, 0) is 4.79 Å². The number of aliphatic hydroxyl groups excluding tert-OH is 1. The van der Waals surface area contributed by atoms with Crippen LogP contribution in [0.15, 0.2) is 0 Å². The summed E-state index contributed by atoms with van der Waals surface area (Å²) < 4.78 is 0. The Kier molecular flexibility index (Phi) is 3.27. The normalized spacial score (nSPS) is 39.1. The molecule has 0 aromatic rings. The number of rotatable bonds is 2. The summed E-state index contributed by atoms with van der Waals surface area (Å²) in [4.78, 5) is 10.3. The number of hydrogen-bond donors (Lipinski definition) is 1. The van der Waals surface area contributed by atoms with Crippen LogP contribution in [0.3, 0.4) is 0 Å². The van der Waals surface area contributed by atoms with Crippen molar-refractivity contribution in [3.8, 4) is 0 Å². The van der Waals surface area contributed by atoms with Crippen molar-refractivity contribution in [1.82, 2.24) is 0 Å². The third-order valence-corrected chi connectivity index (χ3v) is 3.26. The van der Waals surface area contributed by atoms with E-state index in [1.54, 1.807) is 0 Å². The molecule has 2 heteroatoms. The summed E-state index contributed by atoms with van der Waals surface area (Å²) in [6.07, 6.45) is 3.11. The Morgan fingerprint density at radius 2 is 2.00 bits per heavy atom. The molecule has 0 bridgehead atoms. The molecule has 1 aliphatic rings. The van der Waals surface area contributed by atoms with Gasteiger partial charge in [-0.3, -0.25) is 0 Å². The van der Waals surface area contributed by atoms with Gasteiger partial charge in [0.1, 0.15) is 12.4 Å². The second kappa shape index (κ2) is 4.04. The molecule has 0 saturated heterocycles. The summed E-state index contributed by atoms with van der Waals surface area (Å²) in [5, 5.41) is 9.32. The maximum Gasteiger partial charge on any atom is 0.148 e. The molecule has 4 unspecified atom stereocenters. The van der Waals surface area contributed by atoms with Gasteiger partial charge < -0.3 is 9.90 Å². The van der Waals surface area contributed by atoms with Gasteiger partial charge in [0, 0.05) is 0 Å². The Morgan fingerprint density at radius 3 is 2.50 bits per heavy atom. The second-order valence-corrected chi connectivity index (χ2v) is 4.15. The average molecular weight is 170 g/mol. The molecule has 0 amide bonds. The van der Waals surface area contributed by atoms with Crippen LogP contribution < -0.4 is 0 Å². The van der Waals surface area contributed by atoms with Crippen molar-refractivity contribution in [1.29, 1.82) is 0 Å². The van der Waals surface area contributed by atoms with Crippen molar-refractivity contribution in [3.05, 3.63) is 0 Å². The molecule has 1 saturated carbocycles. The largest absolute Gasteiger partial charge is 0.385 e. The van der Waals surface area contributed by atoms with E-state index < -0.39 is 6.10 Å². The Balaban J connectivity index is 2.44. The number of aldehydes is 1. The Hall–Kier alpha value is -0.370. The summed E-state index contributed by atoms with van der Waals surface area (Å²) in [5.74, 6) is 1.62. The fourth-order valence-electron chi connectivity index (χ4n) is 2.01. The minimum atomic E-state index is -0.722. The van der Waals surface area contributed by atoms with E-state index in [1.165, 1.54) is 0 Å². The van der Waals surface area contributed by atoms with Crippen LogP contribution in [0.4, 0.5) is 0 Å². The molecule has 1 aliphatic carbocycles. The van der Waals surface area contributed by atoms with Crippen molar-refractivity contribution in [2.75, 3.05) is 0 Å². The summed E-state index contributed by atoms with van der Waals surface area (Å²) in [6.45, 7) is 4.45. The molecular formula is C10H18O2. The van der Waals surface area contributed by atoms with Crippen LogP contribution >= 0.6 is 0 Å². The molecule has 0 radical (unpaired) electrons. The van der Waals surface area contributed by atoms with Gasteiger partial charge in [0.05, 0.1) is 0 Å². The van der Waals surface area contributed by atoms with Gasteiger partial charge in [-0.05, 0) is 30.6 Å². The summed E-state index contributed by atoms with van der Waals surface area (Å²) in [6, 6.07) is 0. The zero-order valence-electron chi connectivity index (χ0n) is 7.86. The van der Waals surface area contributed by atoms with E-state index >= 15 is 0 Å². The third kappa shape index (κ3) is 2.07. The van der Waals surface area contributed by atoms with E-state index in [0.717, 1.165) is 25.2 Å². The monoisotopic (exact) mass is 170 g/mol. The summed E-state index contributed by atoms with van der Waals surface area (Å²) in [5.41, 5.74) is 0. The number of carbonyl (C=O) groups excluding carboxylic acids is 1. The predicted molar refractivity (Wildman–Crippen MR) is 47.7 cm³/mol. The van der Waals surface area contributed by atoms with Crippen molar-refractivity contribution in [2.24, 2.45) is 17.8 Å². The smallest absolute Gasteiger partial charge is 0.148 e. The Bertz CT molecular complexity index is 156. The highest BCUT2D eigenvalue weighted by Crippen LogP contribution is 2.34. The molecule has 0 heterocycles. The highest BCUT2D eigenvalue weighted by Gasteiger charge is 2.28. The second-order valence-electron chi connectivity index (χ2n) is 4.15. The lowest BCUT2D eigenvalue weighted by molar-refractivity contribution is -0.118. The highest BCUT2D eigenvalue weighted by atomic mass is 16.3. The molecule has 2 nitrogen and oxygen atoms in total. The molecule has 4 atom stereocenters. The highest BCUT2D eigenvalue weighted by molar-refractivity contribution is 5.56. The van der Waals surface area contributed by atoms with Gasteiger partial charge in [0.2, 0.25) is 0 Å². The first kappa shape index (κ1) is 9.72. The zero-order valence-corrected chi connectivity index (χ0v) is 7.86. The van der Waals surface area contributed by atoms with Gasteiger partial charge in [0.15, 0.2) is 0 Å².